The molecule has 1 amide bonds. The van der Waals surface area contributed by atoms with Gasteiger partial charge >= 0.3 is 6.09 Å². The van der Waals surface area contributed by atoms with Crippen LogP contribution >= 0.6 is 15.9 Å². The highest BCUT2D eigenvalue weighted by atomic mass is 79.9. The van der Waals surface area contributed by atoms with Crippen molar-refractivity contribution in [3.63, 3.8) is 0 Å². The van der Waals surface area contributed by atoms with E-state index in [2.05, 4.69) is 21.2 Å². The van der Waals surface area contributed by atoms with Gasteiger partial charge in [-0.15, -0.1) is 0 Å². The smallest absolute Gasteiger partial charge is 0.407 e. The van der Waals surface area contributed by atoms with Gasteiger partial charge in [0.15, 0.2) is 0 Å². The first-order valence-corrected chi connectivity index (χ1v) is 6.29. The van der Waals surface area contributed by atoms with Crippen LogP contribution in [0.5, 0.6) is 0 Å². The molecule has 3 nitrogen and oxygen atoms in total. The highest BCUT2D eigenvalue weighted by Gasteiger charge is 2.15. The van der Waals surface area contributed by atoms with E-state index in [1.54, 1.807) is 0 Å². The molecule has 0 aliphatic carbocycles. The van der Waals surface area contributed by atoms with Crippen LogP contribution in [0.1, 0.15) is 31.9 Å². The molecule has 1 N–H and O–H groups in total. The molecule has 0 aliphatic rings. The number of nitrogens with one attached hydrogen (secondary N) is 1. The summed E-state index contributed by atoms with van der Waals surface area (Å²) in [5.74, 6) is 0. The van der Waals surface area contributed by atoms with E-state index in [-0.39, 0.29) is 0 Å². The first kappa shape index (κ1) is 14.0. The number of halogens is 1. The lowest BCUT2D eigenvalue weighted by Gasteiger charge is -2.19. The summed E-state index contributed by atoms with van der Waals surface area (Å²) in [6.45, 7) is 8.02. The SMILES string of the molecule is Cc1cc(CNC(=O)OC(C)(C)C)ccc1Br. The highest BCUT2D eigenvalue weighted by molar-refractivity contribution is 9.10. The van der Waals surface area contributed by atoms with E-state index in [0.29, 0.717) is 6.54 Å². The van der Waals surface area contributed by atoms with Gasteiger partial charge < -0.3 is 10.1 Å². The number of carbonyl (C=O) groups is 1. The molecule has 0 spiro atoms. The summed E-state index contributed by atoms with van der Waals surface area (Å²) in [6.07, 6.45) is -0.391. The molecule has 0 bridgehead atoms. The lowest BCUT2D eigenvalue weighted by atomic mass is 10.1. The Hall–Kier alpha value is -1.03. The minimum Gasteiger partial charge on any atom is -0.444 e. The van der Waals surface area contributed by atoms with Gasteiger partial charge in [-0.1, -0.05) is 28.1 Å². The van der Waals surface area contributed by atoms with Crippen LogP contribution in [0.25, 0.3) is 0 Å². The Labute approximate surface area is 111 Å². The second-order valence-electron chi connectivity index (χ2n) is 4.94. The zero-order valence-corrected chi connectivity index (χ0v) is 12.2. The van der Waals surface area contributed by atoms with Crippen LogP contribution in [-0.4, -0.2) is 11.7 Å². The highest BCUT2D eigenvalue weighted by Crippen LogP contribution is 2.17. The van der Waals surface area contributed by atoms with Gasteiger partial charge in [0, 0.05) is 11.0 Å². The predicted octanol–water partition coefficient (Wildman–Crippen LogP) is 3.78. The zero-order valence-electron chi connectivity index (χ0n) is 10.6. The van der Waals surface area contributed by atoms with Gasteiger partial charge in [-0.05, 0) is 44.9 Å². The maximum absolute atomic E-state index is 11.4. The summed E-state index contributed by atoms with van der Waals surface area (Å²) in [5, 5.41) is 2.73. The van der Waals surface area contributed by atoms with Gasteiger partial charge in [-0.3, -0.25) is 0 Å². The van der Waals surface area contributed by atoms with Crippen molar-refractivity contribution in [2.45, 2.75) is 39.8 Å². The number of rotatable bonds is 2. The molecule has 0 heterocycles. The number of alkyl carbamates (subject to hydrolysis) is 1. The van der Waals surface area contributed by atoms with E-state index >= 15 is 0 Å². The molecule has 0 radical (unpaired) electrons. The summed E-state index contributed by atoms with van der Waals surface area (Å²) in [7, 11) is 0. The molecule has 4 heteroatoms. The molecule has 94 valence electrons. The zero-order chi connectivity index (χ0) is 13.1. The number of hydrogen-bond acceptors (Lipinski definition) is 2. The van der Waals surface area contributed by atoms with Crippen molar-refractivity contribution in [1.29, 1.82) is 0 Å². The molecule has 0 fully saturated rings. The van der Waals surface area contributed by atoms with Gasteiger partial charge in [0.1, 0.15) is 5.60 Å². The Bertz CT molecular complexity index is 410. The van der Waals surface area contributed by atoms with Gasteiger partial charge in [-0.25, -0.2) is 4.79 Å². The van der Waals surface area contributed by atoms with Crippen LogP contribution in [0.15, 0.2) is 22.7 Å². The molecule has 0 unspecified atom stereocenters. The first-order chi connectivity index (χ1) is 7.78. The van der Waals surface area contributed by atoms with Crippen molar-refractivity contribution in [2.75, 3.05) is 0 Å². The second-order valence-corrected chi connectivity index (χ2v) is 5.79. The van der Waals surface area contributed by atoms with E-state index in [9.17, 15) is 4.79 Å². The summed E-state index contributed by atoms with van der Waals surface area (Å²) in [6, 6.07) is 5.97. The van der Waals surface area contributed by atoms with Gasteiger partial charge in [-0.2, -0.15) is 0 Å². The fourth-order valence-corrected chi connectivity index (χ4v) is 1.55. The van der Waals surface area contributed by atoms with Gasteiger partial charge in [0.05, 0.1) is 0 Å². The third kappa shape index (κ3) is 5.22. The number of ether oxygens (including phenoxy) is 1. The van der Waals surface area contributed by atoms with Gasteiger partial charge in [0.2, 0.25) is 0 Å². The third-order valence-electron chi connectivity index (χ3n) is 2.06. The quantitative estimate of drug-likeness (QED) is 0.902. The van der Waals surface area contributed by atoms with Crippen LogP contribution in [0.3, 0.4) is 0 Å². The number of hydrogen-bond donors (Lipinski definition) is 1. The van der Waals surface area contributed by atoms with Crippen molar-refractivity contribution in [3.05, 3.63) is 33.8 Å². The molecule has 0 aliphatic heterocycles. The topological polar surface area (TPSA) is 38.3 Å². The molecule has 0 atom stereocenters. The molecule has 17 heavy (non-hydrogen) atoms. The fraction of sp³-hybridized carbons (Fsp3) is 0.462. The van der Waals surface area contributed by atoms with Crippen LogP contribution in [-0.2, 0) is 11.3 Å². The monoisotopic (exact) mass is 299 g/mol. The number of carbonyl (C=O) groups excluding carboxylic acids is 1. The Morgan fingerprint density at radius 2 is 2.06 bits per heavy atom. The minimum absolute atomic E-state index is 0.391. The molecular formula is C13H18BrNO2. The molecule has 0 saturated heterocycles. The predicted molar refractivity (Wildman–Crippen MR) is 72.0 cm³/mol. The molecule has 0 aromatic heterocycles. The summed E-state index contributed by atoms with van der Waals surface area (Å²) in [5.41, 5.74) is 1.74. The second kappa shape index (κ2) is 5.54. The van der Waals surface area contributed by atoms with Crippen LogP contribution < -0.4 is 5.32 Å². The minimum atomic E-state index is -0.459. The molecule has 1 aromatic rings. The van der Waals surface area contributed by atoms with E-state index in [0.717, 1.165) is 15.6 Å². The van der Waals surface area contributed by atoms with Crippen LogP contribution in [0.2, 0.25) is 0 Å². The number of benzene rings is 1. The van der Waals surface area contributed by atoms with E-state index in [1.807, 2.05) is 45.9 Å². The third-order valence-corrected chi connectivity index (χ3v) is 2.95. The summed E-state index contributed by atoms with van der Waals surface area (Å²) >= 11 is 3.44. The van der Waals surface area contributed by atoms with Crippen molar-refractivity contribution in [1.82, 2.24) is 5.32 Å². The van der Waals surface area contributed by atoms with Gasteiger partial charge in [0.25, 0.3) is 0 Å². The van der Waals surface area contributed by atoms with Crippen LogP contribution in [0, 0.1) is 6.92 Å². The lowest BCUT2D eigenvalue weighted by molar-refractivity contribution is 0.0523. The van der Waals surface area contributed by atoms with E-state index in [4.69, 9.17) is 4.74 Å². The Morgan fingerprint density at radius 1 is 1.41 bits per heavy atom. The van der Waals surface area contributed by atoms with Crippen molar-refractivity contribution >= 4 is 22.0 Å². The van der Waals surface area contributed by atoms with Crippen LogP contribution in [0.4, 0.5) is 4.79 Å². The van der Waals surface area contributed by atoms with E-state index < -0.39 is 11.7 Å². The average Bonchev–Trinajstić information content (AvgIpc) is 2.17. The fourth-order valence-electron chi connectivity index (χ4n) is 1.31. The largest absolute Gasteiger partial charge is 0.444 e. The maximum Gasteiger partial charge on any atom is 0.407 e. The Kier molecular flexibility index (Phi) is 4.57. The first-order valence-electron chi connectivity index (χ1n) is 5.50. The lowest BCUT2D eigenvalue weighted by Crippen LogP contribution is -2.32. The summed E-state index contributed by atoms with van der Waals surface area (Å²) in [4.78, 5) is 11.4. The van der Waals surface area contributed by atoms with Crippen molar-refractivity contribution in [3.8, 4) is 0 Å². The Balaban J connectivity index is 2.50. The standard InChI is InChI=1S/C13H18BrNO2/c1-9-7-10(5-6-11(9)14)8-15-12(16)17-13(2,3)4/h5-7H,8H2,1-4H3,(H,15,16). The average molecular weight is 300 g/mol. The van der Waals surface area contributed by atoms with Crippen molar-refractivity contribution < 1.29 is 9.53 Å². The number of amides is 1. The molecule has 1 aromatic carbocycles. The molecule has 0 saturated carbocycles. The molecule has 1 rings (SSSR count). The van der Waals surface area contributed by atoms with E-state index in [1.165, 1.54) is 0 Å². The van der Waals surface area contributed by atoms with Crippen molar-refractivity contribution in [2.24, 2.45) is 0 Å². The Morgan fingerprint density at radius 3 is 2.59 bits per heavy atom. The summed E-state index contributed by atoms with van der Waals surface area (Å²) < 4.78 is 6.22. The number of aryl methyl sites for hydroxylation is 1. The molecular weight excluding hydrogens is 282 g/mol. The maximum atomic E-state index is 11.4. The normalized spacial score (nSPS) is 11.1.